The first-order valence-corrected chi connectivity index (χ1v) is 14.7. The summed E-state index contributed by atoms with van der Waals surface area (Å²) in [5.74, 6) is 1.36. The lowest BCUT2D eigenvalue weighted by Gasteiger charge is -2.33. The second-order valence-corrected chi connectivity index (χ2v) is 12.8. The second-order valence-electron chi connectivity index (χ2n) is 12.8. The number of ether oxygens (including phenoxy) is 2. The molecule has 3 aromatic carbocycles. The van der Waals surface area contributed by atoms with Gasteiger partial charge in [-0.2, -0.15) is 5.10 Å². The molecule has 1 saturated heterocycles. The van der Waals surface area contributed by atoms with Crippen molar-refractivity contribution in [3.63, 3.8) is 0 Å². The molecule has 216 valence electrons. The van der Waals surface area contributed by atoms with Crippen LogP contribution in [0.25, 0.3) is 22.2 Å². The Hall–Kier alpha value is -4.33. The number of aromatic nitrogens is 2. The molecule has 4 aromatic rings. The minimum absolute atomic E-state index is 0.0664. The van der Waals surface area contributed by atoms with E-state index >= 15 is 0 Å². The highest BCUT2D eigenvalue weighted by atomic mass is 16.6. The minimum atomic E-state index is -0.528. The van der Waals surface area contributed by atoms with Gasteiger partial charge in [-0.15, -0.1) is 0 Å². The molecule has 2 amide bonds. The lowest BCUT2D eigenvalue weighted by Crippen LogP contribution is -2.41. The molecule has 0 radical (unpaired) electrons. The maximum absolute atomic E-state index is 13.1. The number of hydrogen-bond acceptors (Lipinski definition) is 5. The highest BCUT2D eigenvalue weighted by Gasteiger charge is 2.65. The summed E-state index contributed by atoms with van der Waals surface area (Å²) in [6.45, 7) is 7.11. The van der Waals surface area contributed by atoms with Gasteiger partial charge in [-0.3, -0.25) is 9.89 Å². The van der Waals surface area contributed by atoms with Crippen molar-refractivity contribution >= 4 is 28.6 Å². The number of rotatable bonds is 4. The monoisotopic (exact) mass is 564 g/mol. The fourth-order valence-corrected chi connectivity index (χ4v) is 6.81. The number of carbonyl (C=O) groups is 2. The molecule has 2 unspecified atom stereocenters. The van der Waals surface area contributed by atoms with Crippen LogP contribution in [0.4, 0.5) is 10.5 Å². The Morgan fingerprint density at radius 3 is 2.45 bits per heavy atom. The molecule has 3 heterocycles. The number of H-pyrrole nitrogens is 1. The average molecular weight is 565 g/mol. The Morgan fingerprint density at radius 2 is 1.74 bits per heavy atom. The summed E-state index contributed by atoms with van der Waals surface area (Å²) in [5.41, 5.74) is 6.27. The minimum Gasteiger partial charge on any atom is -0.497 e. The molecule has 2 N–H and O–H groups in total. The van der Waals surface area contributed by atoms with Crippen molar-refractivity contribution in [3.8, 4) is 17.0 Å². The molecule has 1 aromatic heterocycles. The van der Waals surface area contributed by atoms with Crippen molar-refractivity contribution in [2.24, 2.45) is 0 Å². The van der Waals surface area contributed by atoms with Crippen molar-refractivity contribution in [1.29, 1.82) is 0 Å². The van der Waals surface area contributed by atoms with Crippen LogP contribution in [-0.4, -0.2) is 52.9 Å². The van der Waals surface area contributed by atoms with Gasteiger partial charge in [-0.1, -0.05) is 36.4 Å². The Bertz CT molecular complexity index is 1700. The van der Waals surface area contributed by atoms with Crippen LogP contribution in [-0.2, 0) is 14.9 Å². The lowest BCUT2D eigenvalue weighted by atomic mass is 9.88. The van der Waals surface area contributed by atoms with E-state index in [1.54, 1.807) is 7.11 Å². The first-order valence-electron chi connectivity index (χ1n) is 14.7. The van der Waals surface area contributed by atoms with Crippen molar-refractivity contribution in [2.45, 2.75) is 62.9 Å². The van der Waals surface area contributed by atoms with E-state index < -0.39 is 11.0 Å². The number of piperidine rings is 1. The molecule has 0 bridgehead atoms. The van der Waals surface area contributed by atoms with Crippen LogP contribution in [0, 0.1) is 0 Å². The topological polar surface area (TPSA) is 96.5 Å². The van der Waals surface area contributed by atoms with Gasteiger partial charge in [-0.25, -0.2) is 4.79 Å². The number of nitrogens with zero attached hydrogens (tertiary/aromatic N) is 2. The summed E-state index contributed by atoms with van der Waals surface area (Å²) in [5, 5.41) is 12.0. The molecule has 42 heavy (non-hydrogen) atoms. The standard InChI is InChI=1S/C34H36N4O4/c1-33(2,3)42-32(40)38-15-13-21(14-16-38)20-5-7-22(8-6-20)30-25-11-9-23(17-29(25)36-37-30)27-19-34(27)26-18-24(41-4)10-12-28(26)35-31(34)39/h5-12,17-18,21,27H,13-16,19H2,1-4H3,(H,35,39)(H,36,37). The fourth-order valence-electron chi connectivity index (χ4n) is 6.81. The van der Waals surface area contributed by atoms with E-state index in [0.29, 0.717) is 19.0 Å². The van der Waals surface area contributed by atoms with Crippen LogP contribution < -0.4 is 10.1 Å². The zero-order chi connectivity index (χ0) is 29.2. The normalized spacial score (nSPS) is 21.9. The Morgan fingerprint density at radius 1 is 1.00 bits per heavy atom. The molecule has 1 aliphatic carbocycles. The van der Waals surface area contributed by atoms with Gasteiger partial charge >= 0.3 is 6.09 Å². The maximum Gasteiger partial charge on any atom is 0.410 e. The molecule has 2 aliphatic heterocycles. The van der Waals surface area contributed by atoms with Crippen molar-refractivity contribution in [2.75, 3.05) is 25.5 Å². The average Bonchev–Trinajstić information content (AvgIpc) is 3.51. The lowest BCUT2D eigenvalue weighted by molar-refractivity contribution is -0.118. The smallest absolute Gasteiger partial charge is 0.410 e. The number of hydrogen-bond donors (Lipinski definition) is 2. The highest BCUT2D eigenvalue weighted by Crippen LogP contribution is 2.65. The van der Waals surface area contributed by atoms with Gasteiger partial charge in [0, 0.05) is 35.6 Å². The highest BCUT2D eigenvalue weighted by molar-refractivity contribution is 6.10. The number of methoxy groups -OCH3 is 1. The third-order valence-corrected chi connectivity index (χ3v) is 9.11. The number of anilines is 1. The summed E-state index contributed by atoms with van der Waals surface area (Å²) in [6, 6.07) is 20.9. The number of nitrogens with one attached hydrogen (secondary N) is 2. The number of aromatic amines is 1. The molecule has 8 heteroatoms. The first kappa shape index (κ1) is 26.6. The van der Waals surface area contributed by atoms with E-state index in [1.165, 1.54) is 5.56 Å². The zero-order valence-corrected chi connectivity index (χ0v) is 24.5. The summed E-state index contributed by atoms with van der Waals surface area (Å²) in [6.07, 6.45) is 2.40. The van der Waals surface area contributed by atoms with Gasteiger partial charge in [0.15, 0.2) is 0 Å². The Balaban J connectivity index is 1.06. The van der Waals surface area contributed by atoms with E-state index in [1.807, 2.05) is 43.9 Å². The first-order chi connectivity index (χ1) is 20.2. The van der Waals surface area contributed by atoms with E-state index in [2.05, 4.69) is 58.0 Å². The summed E-state index contributed by atoms with van der Waals surface area (Å²) in [4.78, 5) is 27.3. The van der Waals surface area contributed by atoms with E-state index in [4.69, 9.17) is 9.47 Å². The van der Waals surface area contributed by atoms with Crippen molar-refractivity contribution in [3.05, 3.63) is 77.4 Å². The molecule has 1 spiro atoms. The maximum atomic E-state index is 13.1. The van der Waals surface area contributed by atoms with Crippen LogP contribution >= 0.6 is 0 Å². The third kappa shape index (κ3) is 4.40. The van der Waals surface area contributed by atoms with Crippen LogP contribution in [0.2, 0.25) is 0 Å². The number of amides is 2. The van der Waals surface area contributed by atoms with Crippen molar-refractivity contribution < 1.29 is 19.1 Å². The second kappa shape index (κ2) is 9.61. The zero-order valence-electron chi connectivity index (χ0n) is 24.5. The van der Waals surface area contributed by atoms with E-state index in [0.717, 1.165) is 64.0 Å². The van der Waals surface area contributed by atoms with Gasteiger partial charge in [-0.05, 0) is 86.9 Å². The van der Waals surface area contributed by atoms with Gasteiger partial charge in [0.1, 0.15) is 11.4 Å². The summed E-state index contributed by atoms with van der Waals surface area (Å²) in [7, 11) is 1.65. The van der Waals surface area contributed by atoms with Crippen molar-refractivity contribution in [1.82, 2.24) is 15.1 Å². The molecule has 2 fully saturated rings. The SMILES string of the molecule is COc1ccc2c(c1)C1(CC1c1ccc3c(-c4ccc(C5CCN(C(=O)OC(C)(C)C)CC5)cc4)n[nH]c3c1)C(=O)N2. The van der Waals surface area contributed by atoms with Gasteiger partial charge < -0.3 is 19.7 Å². The predicted octanol–water partition coefficient (Wildman–Crippen LogP) is 6.73. The van der Waals surface area contributed by atoms with Gasteiger partial charge in [0.2, 0.25) is 5.91 Å². The summed E-state index contributed by atoms with van der Waals surface area (Å²) >= 11 is 0. The number of fused-ring (bicyclic) bond motifs is 3. The third-order valence-electron chi connectivity index (χ3n) is 9.11. The van der Waals surface area contributed by atoms with Crippen LogP contribution in [0.3, 0.4) is 0 Å². The largest absolute Gasteiger partial charge is 0.497 e. The predicted molar refractivity (Wildman–Crippen MR) is 162 cm³/mol. The molecule has 3 aliphatic rings. The quantitative estimate of drug-likeness (QED) is 0.287. The molecular formula is C34H36N4O4. The Labute approximate surface area is 245 Å². The Kier molecular flexibility index (Phi) is 6.08. The molecule has 7 rings (SSSR count). The molecule has 2 atom stereocenters. The molecular weight excluding hydrogens is 528 g/mol. The van der Waals surface area contributed by atoms with Gasteiger partial charge in [0.25, 0.3) is 0 Å². The fraction of sp³-hybridized carbons (Fsp3) is 0.382. The number of likely N-dealkylation sites (tertiary alicyclic amines) is 1. The van der Waals surface area contributed by atoms with Crippen LogP contribution in [0.5, 0.6) is 5.75 Å². The number of benzene rings is 3. The number of carbonyl (C=O) groups excluding carboxylic acids is 2. The van der Waals surface area contributed by atoms with E-state index in [9.17, 15) is 9.59 Å². The van der Waals surface area contributed by atoms with Crippen LogP contribution in [0.15, 0.2) is 60.7 Å². The summed E-state index contributed by atoms with van der Waals surface area (Å²) < 4.78 is 11.0. The van der Waals surface area contributed by atoms with Gasteiger partial charge in [0.05, 0.1) is 23.7 Å². The molecule has 8 nitrogen and oxygen atoms in total. The van der Waals surface area contributed by atoms with Crippen LogP contribution in [0.1, 0.15) is 68.6 Å². The van der Waals surface area contributed by atoms with E-state index in [-0.39, 0.29) is 17.9 Å². The molecule has 1 saturated carbocycles.